The summed E-state index contributed by atoms with van der Waals surface area (Å²) in [5.74, 6) is -1.23. The molecule has 158 valence electrons. The van der Waals surface area contributed by atoms with Crippen LogP contribution in [0.25, 0.3) is 0 Å². The summed E-state index contributed by atoms with van der Waals surface area (Å²) in [6, 6.07) is 0. The highest BCUT2D eigenvalue weighted by molar-refractivity contribution is 8.00. The summed E-state index contributed by atoms with van der Waals surface area (Å²) in [6.45, 7) is 3.67. The van der Waals surface area contributed by atoms with Gasteiger partial charge in [0.2, 0.25) is 6.35 Å². The summed E-state index contributed by atoms with van der Waals surface area (Å²) in [4.78, 5) is 27.5. The smallest absolute Gasteiger partial charge is 0.412 e. The summed E-state index contributed by atoms with van der Waals surface area (Å²) < 4.78 is 29.8. The molecule has 0 radical (unpaired) electrons. The van der Waals surface area contributed by atoms with Gasteiger partial charge in [0.05, 0.1) is 6.61 Å². The molecule has 0 aromatic heterocycles. The third-order valence-corrected chi connectivity index (χ3v) is 5.04. The number of nitrogens with zero attached hydrogens (tertiary/aromatic N) is 2. The van der Waals surface area contributed by atoms with Gasteiger partial charge >= 0.3 is 12.1 Å². The second-order valence-electron chi connectivity index (χ2n) is 6.23. The topological polar surface area (TPSA) is 110 Å². The second kappa shape index (κ2) is 11.2. The highest BCUT2D eigenvalue weighted by atomic mass is 32.2. The number of aliphatic hydroxyl groups excluding tert-OH is 1. The fourth-order valence-electron chi connectivity index (χ4n) is 2.53. The van der Waals surface area contributed by atoms with Crippen LogP contribution in [0, 0.1) is 0 Å². The molecule has 0 aromatic rings. The molecule has 0 aromatic carbocycles. The van der Waals surface area contributed by atoms with Crippen molar-refractivity contribution < 1.29 is 33.3 Å². The summed E-state index contributed by atoms with van der Waals surface area (Å²) in [5, 5.41) is 12.4. The molecule has 28 heavy (non-hydrogen) atoms. The Balaban J connectivity index is 1.81. The van der Waals surface area contributed by atoms with Gasteiger partial charge in [-0.2, -0.15) is 0 Å². The number of ether oxygens (including phenoxy) is 3. The number of halogens is 1. The zero-order valence-corrected chi connectivity index (χ0v) is 16.7. The highest BCUT2D eigenvalue weighted by Gasteiger charge is 2.35. The third kappa shape index (κ3) is 6.95. The number of thioether (sulfide) groups is 1. The molecule has 2 N–H and O–H groups in total. The molecule has 0 bridgehead atoms. The Kier molecular flexibility index (Phi) is 9.00. The van der Waals surface area contributed by atoms with Crippen molar-refractivity contribution in [1.82, 2.24) is 10.2 Å². The number of carbonyl (C=O) groups excluding carboxylic acids is 2. The van der Waals surface area contributed by atoms with Crippen LogP contribution in [0.5, 0.6) is 0 Å². The number of amidine groups is 1. The maximum absolute atomic E-state index is 14.3. The molecular formula is C17H26FN3O6S. The van der Waals surface area contributed by atoms with E-state index in [0.717, 1.165) is 31.9 Å². The van der Waals surface area contributed by atoms with Crippen LogP contribution in [0.2, 0.25) is 0 Å². The number of carbonyl (C=O) groups is 2. The van der Waals surface area contributed by atoms with Crippen LogP contribution < -0.4 is 5.32 Å². The van der Waals surface area contributed by atoms with E-state index in [1.165, 1.54) is 23.6 Å². The van der Waals surface area contributed by atoms with Gasteiger partial charge in [0.15, 0.2) is 11.7 Å². The largest absolute Gasteiger partial charge is 0.462 e. The lowest BCUT2D eigenvalue weighted by molar-refractivity contribution is -0.147. The molecule has 3 atom stereocenters. The van der Waals surface area contributed by atoms with E-state index >= 15 is 0 Å². The van der Waals surface area contributed by atoms with Crippen LogP contribution in [0.4, 0.5) is 9.18 Å². The average Bonchev–Trinajstić information content (AvgIpc) is 3.11. The minimum absolute atomic E-state index is 0.0623. The fourth-order valence-corrected chi connectivity index (χ4v) is 3.53. The van der Waals surface area contributed by atoms with Crippen molar-refractivity contribution in [3.63, 3.8) is 0 Å². The van der Waals surface area contributed by atoms with E-state index in [2.05, 4.69) is 17.2 Å². The Hall–Kier alpha value is -1.85. The van der Waals surface area contributed by atoms with Crippen molar-refractivity contribution in [2.24, 2.45) is 4.99 Å². The van der Waals surface area contributed by atoms with Gasteiger partial charge in [0.1, 0.15) is 18.3 Å². The Bertz CT molecular complexity index is 618. The van der Waals surface area contributed by atoms with Gasteiger partial charge in [-0.15, -0.1) is 11.8 Å². The van der Waals surface area contributed by atoms with Gasteiger partial charge in [0.25, 0.3) is 0 Å². The van der Waals surface area contributed by atoms with Crippen LogP contribution >= 0.6 is 11.8 Å². The van der Waals surface area contributed by atoms with Crippen LogP contribution in [-0.2, 0) is 19.0 Å². The number of rotatable bonds is 8. The van der Waals surface area contributed by atoms with Crippen molar-refractivity contribution >= 4 is 29.7 Å². The van der Waals surface area contributed by atoms with Crippen molar-refractivity contribution in [3.05, 3.63) is 12.0 Å². The predicted molar refractivity (Wildman–Crippen MR) is 101 cm³/mol. The Labute approximate surface area is 167 Å². The number of amides is 1. The first-order valence-electron chi connectivity index (χ1n) is 9.16. The minimum atomic E-state index is -1.43. The first-order chi connectivity index (χ1) is 13.4. The van der Waals surface area contributed by atoms with E-state index < -0.39 is 41.7 Å². The predicted octanol–water partition coefficient (Wildman–Crippen LogP) is 2.07. The quantitative estimate of drug-likeness (QED) is 0.455. The molecule has 2 aliphatic heterocycles. The van der Waals surface area contributed by atoms with E-state index in [1.807, 2.05) is 0 Å². The molecule has 0 spiro atoms. The molecule has 2 heterocycles. The Morgan fingerprint density at radius 3 is 2.93 bits per heavy atom. The summed E-state index contributed by atoms with van der Waals surface area (Å²) in [5.41, 5.74) is -0.413. The van der Waals surface area contributed by atoms with Gasteiger partial charge < -0.3 is 24.2 Å². The van der Waals surface area contributed by atoms with Crippen LogP contribution in [0.1, 0.15) is 39.5 Å². The van der Waals surface area contributed by atoms with E-state index in [0.29, 0.717) is 5.75 Å². The maximum Gasteiger partial charge on any atom is 0.412 e. The summed E-state index contributed by atoms with van der Waals surface area (Å²) in [6.07, 6.45) is 1.92. The second-order valence-corrected chi connectivity index (χ2v) is 7.42. The van der Waals surface area contributed by atoms with Crippen LogP contribution in [0.3, 0.4) is 0 Å². The normalized spacial score (nSPS) is 24.4. The SMILES string of the molecule is CCCCCCOC(=O)NC1=NC(O)N([C@@H]2CS[C@H](COC(C)=O)O2)C=C1F. The lowest BCUT2D eigenvalue weighted by atomic mass is 10.2. The zero-order chi connectivity index (χ0) is 20.5. The monoisotopic (exact) mass is 419 g/mol. The van der Waals surface area contributed by atoms with E-state index in [-0.39, 0.29) is 13.2 Å². The van der Waals surface area contributed by atoms with E-state index in [1.54, 1.807) is 0 Å². The molecule has 1 unspecified atom stereocenters. The number of aliphatic imine (C=N–C) groups is 1. The fraction of sp³-hybridized carbons (Fsp3) is 0.706. The van der Waals surface area contributed by atoms with Crippen molar-refractivity contribution in [3.8, 4) is 0 Å². The molecule has 1 saturated heterocycles. The highest BCUT2D eigenvalue weighted by Crippen LogP contribution is 2.30. The number of aliphatic hydroxyl groups is 1. The molecular weight excluding hydrogens is 393 g/mol. The molecule has 0 aliphatic carbocycles. The number of nitrogens with one attached hydrogen (secondary N) is 1. The number of unbranched alkanes of at least 4 members (excludes halogenated alkanes) is 3. The van der Waals surface area contributed by atoms with Gasteiger partial charge in [0, 0.05) is 18.9 Å². The van der Waals surface area contributed by atoms with Crippen molar-refractivity contribution in [2.45, 2.75) is 57.5 Å². The molecule has 0 saturated carbocycles. The molecule has 1 amide bonds. The first-order valence-corrected chi connectivity index (χ1v) is 10.2. The lowest BCUT2D eigenvalue weighted by Gasteiger charge is -2.32. The van der Waals surface area contributed by atoms with Crippen molar-refractivity contribution in [1.29, 1.82) is 0 Å². The standard InChI is InChI=1S/C17H26FN3O6S/c1-3-4-5-6-7-25-17(24)20-15-12(18)8-21(16(23)19-15)13-10-28-14(27-13)9-26-11(2)22/h8,13-14,16,23H,3-7,9-10H2,1-2H3,(H,19,20,24)/t13-,14+,16?/m0/s1. The van der Waals surface area contributed by atoms with Crippen molar-refractivity contribution in [2.75, 3.05) is 19.0 Å². The van der Waals surface area contributed by atoms with E-state index in [9.17, 15) is 19.1 Å². The lowest BCUT2D eigenvalue weighted by Crippen LogP contribution is -2.45. The number of hydrogen-bond donors (Lipinski definition) is 2. The zero-order valence-electron chi connectivity index (χ0n) is 15.9. The molecule has 1 fully saturated rings. The summed E-state index contributed by atoms with van der Waals surface area (Å²) >= 11 is 1.37. The van der Waals surface area contributed by atoms with Gasteiger partial charge in [-0.3, -0.25) is 10.1 Å². The van der Waals surface area contributed by atoms with E-state index in [4.69, 9.17) is 14.2 Å². The van der Waals surface area contributed by atoms with Crippen LogP contribution in [-0.4, -0.2) is 64.9 Å². The molecule has 2 rings (SSSR count). The number of hydrogen-bond acceptors (Lipinski definition) is 9. The maximum atomic E-state index is 14.3. The molecule has 11 heteroatoms. The Morgan fingerprint density at radius 1 is 1.43 bits per heavy atom. The third-order valence-electron chi connectivity index (χ3n) is 3.94. The Morgan fingerprint density at radius 2 is 2.21 bits per heavy atom. The van der Waals surface area contributed by atoms with Crippen LogP contribution in [0.15, 0.2) is 17.0 Å². The minimum Gasteiger partial charge on any atom is -0.462 e. The molecule has 9 nitrogen and oxygen atoms in total. The molecule has 2 aliphatic rings. The average molecular weight is 419 g/mol. The number of esters is 1. The van der Waals surface area contributed by atoms with Gasteiger partial charge in [-0.1, -0.05) is 26.2 Å². The number of alkyl carbamates (subject to hydrolysis) is 1. The van der Waals surface area contributed by atoms with Gasteiger partial charge in [-0.05, 0) is 6.42 Å². The first kappa shape index (κ1) is 22.4. The summed E-state index contributed by atoms with van der Waals surface area (Å²) in [7, 11) is 0. The van der Waals surface area contributed by atoms with Gasteiger partial charge in [-0.25, -0.2) is 14.2 Å².